The molecule has 0 amide bonds. The first kappa shape index (κ1) is 23.2. The first-order valence-corrected chi connectivity index (χ1v) is 10.1. The summed E-state index contributed by atoms with van der Waals surface area (Å²) < 4.78 is 39.1. The van der Waals surface area contributed by atoms with Gasteiger partial charge in [-0.15, -0.1) is 0 Å². The Kier molecular flexibility index (Phi) is 5.46. The van der Waals surface area contributed by atoms with E-state index in [2.05, 4.69) is 0 Å². The molecule has 2 aromatic rings. The van der Waals surface area contributed by atoms with Crippen molar-refractivity contribution in [3.63, 3.8) is 0 Å². The Morgan fingerprint density at radius 1 is 0.839 bits per heavy atom. The second-order valence-electron chi connectivity index (χ2n) is 9.00. The second kappa shape index (κ2) is 7.30. The monoisotopic (exact) mass is 450 g/mol. The van der Waals surface area contributed by atoms with Gasteiger partial charge in [0.25, 0.3) is 0 Å². The Morgan fingerprint density at radius 2 is 1.32 bits per heavy atom. The van der Waals surface area contributed by atoms with Crippen LogP contribution in [0.1, 0.15) is 50.3 Å². The summed E-state index contributed by atoms with van der Waals surface area (Å²) in [5, 5.41) is -0.440. The fourth-order valence-electron chi connectivity index (χ4n) is 4.18. The zero-order valence-electron chi connectivity index (χ0n) is 17.8. The molecular formula is C24H22ClF3O3. The number of benzene rings is 2. The largest absolute Gasteiger partial charge is 0.417 e. The van der Waals surface area contributed by atoms with E-state index in [1.54, 1.807) is 25.1 Å². The molecule has 0 radical (unpaired) electrons. The molecule has 0 saturated heterocycles. The first-order valence-electron chi connectivity index (χ1n) is 9.71. The van der Waals surface area contributed by atoms with Crippen LogP contribution < -0.4 is 0 Å². The molecule has 0 heterocycles. The number of carbonyl (C=O) groups is 3. The van der Waals surface area contributed by atoms with Crippen molar-refractivity contribution in [1.29, 1.82) is 0 Å². The van der Waals surface area contributed by atoms with Gasteiger partial charge in [-0.2, -0.15) is 13.2 Å². The highest BCUT2D eigenvalue weighted by molar-refractivity contribution is 6.32. The van der Waals surface area contributed by atoms with E-state index in [9.17, 15) is 27.6 Å². The van der Waals surface area contributed by atoms with Crippen molar-refractivity contribution in [2.75, 3.05) is 0 Å². The molecule has 0 unspecified atom stereocenters. The van der Waals surface area contributed by atoms with Crippen LogP contribution >= 0.6 is 11.6 Å². The Labute approximate surface area is 183 Å². The molecule has 0 N–H and O–H groups in total. The number of aryl methyl sites for hydroxylation is 1. The zero-order chi connectivity index (χ0) is 23.5. The lowest BCUT2D eigenvalue weighted by atomic mass is 9.57. The number of hydrogen-bond donors (Lipinski definition) is 0. The quantitative estimate of drug-likeness (QED) is 0.512. The van der Waals surface area contributed by atoms with Crippen LogP contribution in [0.5, 0.6) is 0 Å². The highest BCUT2D eigenvalue weighted by Gasteiger charge is 2.58. The minimum absolute atomic E-state index is 0.421. The molecule has 1 aliphatic rings. The minimum atomic E-state index is -4.57. The van der Waals surface area contributed by atoms with Crippen molar-refractivity contribution < 1.29 is 27.6 Å². The first-order chi connectivity index (χ1) is 14.1. The molecule has 3 nitrogen and oxygen atoms in total. The summed E-state index contributed by atoms with van der Waals surface area (Å²) in [6.45, 7) is 7.83. The van der Waals surface area contributed by atoms with Gasteiger partial charge >= 0.3 is 6.18 Å². The van der Waals surface area contributed by atoms with Gasteiger partial charge in [0.05, 0.1) is 21.4 Å². The van der Waals surface area contributed by atoms with Crippen LogP contribution in [0.2, 0.25) is 5.02 Å². The Balaban J connectivity index is 2.14. The number of carbonyl (C=O) groups excluding carboxylic acids is 3. The molecular weight excluding hydrogens is 429 g/mol. The Morgan fingerprint density at radius 3 is 1.81 bits per heavy atom. The summed E-state index contributed by atoms with van der Waals surface area (Å²) in [5.74, 6) is -2.51. The maximum Gasteiger partial charge on any atom is 0.417 e. The average molecular weight is 451 g/mol. The predicted octanol–water partition coefficient (Wildman–Crippen LogP) is 6.19. The van der Waals surface area contributed by atoms with E-state index < -0.39 is 50.9 Å². The van der Waals surface area contributed by atoms with Gasteiger partial charge in [0.1, 0.15) is 5.92 Å². The molecule has 1 saturated carbocycles. The summed E-state index contributed by atoms with van der Waals surface area (Å²) >= 11 is 5.86. The van der Waals surface area contributed by atoms with Crippen molar-refractivity contribution in [3.8, 4) is 11.1 Å². The topological polar surface area (TPSA) is 51.2 Å². The Bertz CT molecular complexity index is 1080. The van der Waals surface area contributed by atoms with Gasteiger partial charge in [0.2, 0.25) is 0 Å². The average Bonchev–Trinajstić information content (AvgIpc) is 2.66. The van der Waals surface area contributed by atoms with Gasteiger partial charge in [-0.3, -0.25) is 14.4 Å². The molecule has 7 heteroatoms. The maximum absolute atomic E-state index is 13.2. The number of Topliss-reactive ketones (excluding diaryl/α,β-unsaturated/α-hetero) is 3. The van der Waals surface area contributed by atoms with Crippen LogP contribution in [-0.4, -0.2) is 17.3 Å². The molecule has 3 rings (SSSR count). The Hall–Kier alpha value is -2.47. The normalized spacial score (nSPS) is 19.1. The van der Waals surface area contributed by atoms with E-state index in [1.807, 2.05) is 0 Å². The van der Waals surface area contributed by atoms with Gasteiger partial charge in [-0.1, -0.05) is 29.8 Å². The lowest BCUT2D eigenvalue weighted by Crippen LogP contribution is -2.56. The summed E-state index contributed by atoms with van der Waals surface area (Å²) in [5.41, 5.74) is -1.55. The fourth-order valence-corrected chi connectivity index (χ4v) is 4.47. The van der Waals surface area contributed by atoms with Crippen LogP contribution in [0.25, 0.3) is 11.1 Å². The molecule has 0 aliphatic heterocycles. The smallest absolute Gasteiger partial charge is 0.298 e. The lowest BCUT2D eigenvalue weighted by Gasteiger charge is -2.41. The molecule has 0 bridgehead atoms. The summed E-state index contributed by atoms with van der Waals surface area (Å²) in [6.07, 6.45) is -4.57. The SMILES string of the molecule is Cc1ccc(-c2ccc(C(F)(F)F)c(Cl)c2)cc1C1C(=O)C(C)(C)C(=O)C(C)(C)C1=O. The van der Waals surface area contributed by atoms with Crippen molar-refractivity contribution in [2.45, 2.75) is 46.7 Å². The molecule has 31 heavy (non-hydrogen) atoms. The lowest BCUT2D eigenvalue weighted by molar-refractivity contribution is -0.157. The molecule has 0 spiro atoms. The van der Waals surface area contributed by atoms with Crippen molar-refractivity contribution >= 4 is 29.0 Å². The van der Waals surface area contributed by atoms with Gasteiger partial charge < -0.3 is 0 Å². The van der Waals surface area contributed by atoms with Crippen molar-refractivity contribution in [2.24, 2.45) is 10.8 Å². The van der Waals surface area contributed by atoms with Crippen LogP contribution in [-0.2, 0) is 20.6 Å². The van der Waals surface area contributed by atoms with E-state index in [0.717, 1.165) is 6.07 Å². The van der Waals surface area contributed by atoms with E-state index >= 15 is 0 Å². The highest BCUT2D eigenvalue weighted by atomic mass is 35.5. The number of alkyl halides is 3. The third kappa shape index (κ3) is 3.71. The van der Waals surface area contributed by atoms with Gasteiger partial charge in [0, 0.05) is 0 Å². The van der Waals surface area contributed by atoms with Crippen molar-refractivity contribution in [3.05, 3.63) is 58.1 Å². The number of hydrogen-bond acceptors (Lipinski definition) is 3. The van der Waals surface area contributed by atoms with E-state index in [4.69, 9.17) is 11.6 Å². The molecule has 1 fully saturated rings. The molecule has 0 atom stereocenters. The number of ketones is 3. The molecule has 1 aliphatic carbocycles. The van der Waals surface area contributed by atoms with Crippen LogP contribution in [0.3, 0.4) is 0 Å². The number of rotatable bonds is 2. The molecule has 2 aromatic carbocycles. The van der Waals surface area contributed by atoms with E-state index in [0.29, 0.717) is 22.3 Å². The van der Waals surface area contributed by atoms with E-state index in [-0.39, 0.29) is 0 Å². The predicted molar refractivity (Wildman–Crippen MR) is 112 cm³/mol. The van der Waals surface area contributed by atoms with Crippen LogP contribution in [0, 0.1) is 17.8 Å². The summed E-state index contributed by atoms with van der Waals surface area (Å²) in [4.78, 5) is 39.1. The fraction of sp³-hybridized carbons (Fsp3) is 0.375. The van der Waals surface area contributed by atoms with Crippen molar-refractivity contribution in [1.82, 2.24) is 0 Å². The third-order valence-electron chi connectivity index (χ3n) is 6.09. The van der Waals surface area contributed by atoms with Crippen LogP contribution in [0.4, 0.5) is 13.2 Å². The maximum atomic E-state index is 13.2. The summed E-state index contributed by atoms with van der Waals surface area (Å²) in [7, 11) is 0. The van der Waals surface area contributed by atoms with Crippen LogP contribution in [0.15, 0.2) is 36.4 Å². The second-order valence-corrected chi connectivity index (χ2v) is 9.41. The molecule has 164 valence electrons. The van der Waals surface area contributed by atoms with Gasteiger partial charge in [0.15, 0.2) is 17.3 Å². The number of halogens is 4. The van der Waals surface area contributed by atoms with E-state index in [1.165, 1.54) is 39.8 Å². The van der Waals surface area contributed by atoms with Gasteiger partial charge in [-0.25, -0.2) is 0 Å². The third-order valence-corrected chi connectivity index (χ3v) is 6.40. The zero-order valence-corrected chi connectivity index (χ0v) is 18.5. The highest BCUT2D eigenvalue weighted by Crippen LogP contribution is 2.46. The molecule has 0 aromatic heterocycles. The minimum Gasteiger partial charge on any atom is -0.298 e. The summed E-state index contributed by atoms with van der Waals surface area (Å²) in [6, 6.07) is 8.42. The standard InChI is InChI=1S/C24H22ClF3O3/c1-12-6-7-13(14-8-9-16(17(25)11-14)24(26,27)28)10-15(12)18-19(29)22(2,3)21(31)23(4,5)20(18)30/h6-11,18H,1-5H3. The van der Waals surface area contributed by atoms with Gasteiger partial charge in [-0.05, 0) is 75.1 Å².